The average molecular weight is 273 g/mol. The maximum Gasteiger partial charge on any atom is 0.233 e. The van der Waals surface area contributed by atoms with Crippen LogP contribution in [0.1, 0.15) is 19.4 Å². The van der Waals surface area contributed by atoms with E-state index in [2.05, 4.69) is 10.6 Å². The number of benzene rings is 1. The van der Waals surface area contributed by atoms with Crippen LogP contribution in [0.2, 0.25) is 5.02 Å². The van der Waals surface area contributed by atoms with Crippen LogP contribution in [-0.4, -0.2) is 19.0 Å². The zero-order chi connectivity index (χ0) is 13.5. The summed E-state index contributed by atoms with van der Waals surface area (Å²) in [5.74, 6) is -0.111. The van der Waals surface area contributed by atoms with Crippen molar-refractivity contribution in [2.75, 3.05) is 13.1 Å². The molecule has 1 aromatic carbocycles. The van der Waals surface area contributed by atoms with Crippen molar-refractivity contribution in [1.29, 1.82) is 0 Å². The van der Waals surface area contributed by atoms with Gasteiger partial charge in [-0.1, -0.05) is 37.6 Å². The van der Waals surface area contributed by atoms with E-state index in [4.69, 9.17) is 11.6 Å². The minimum absolute atomic E-state index is 0.0915. The summed E-state index contributed by atoms with van der Waals surface area (Å²) in [6, 6.07) is 4.82. The Morgan fingerprint density at radius 2 is 2.17 bits per heavy atom. The topological polar surface area (TPSA) is 41.1 Å². The zero-order valence-electron chi connectivity index (χ0n) is 10.6. The van der Waals surface area contributed by atoms with Crippen molar-refractivity contribution in [2.24, 2.45) is 5.92 Å². The molecule has 1 amide bonds. The molecule has 5 heteroatoms. The van der Waals surface area contributed by atoms with Crippen LogP contribution in [0.5, 0.6) is 0 Å². The van der Waals surface area contributed by atoms with Gasteiger partial charge in [0.05, 0.1) is 11.6 Å². The van der Waals surface area contributed by atoms with E-state index in [0.29, 0.717) is 18.0 Å². The first-order valence-electron chi connectivity index (χ1n) is 5.91. The van der Waals surface area contributed by atoms with Gasteiger partial charge in [-0.15, -0.1) is 0 Å². The van der Waals surface area contributed by atoms with E-state index in [-0.39, 0.29) is 24.0 Å². The van der Waals surface area contributed by atoms with Gasteiger partial charge in [-0.3, -0.25) is 4.79 Å². The number of rotatable bonds is 6. The fraction of sp³-hybridized carbons (Fsp3) is 0.462. The van der Waals surface area contributed by atoms with Crippen LogP contribution < -0.4 is 10.6 Å². The first-order chi connectivity index (χ1) is 8.50. The average Bonchev–Trinajstić information content (AvgIpc) is 2.32. The number of nitrogens with one attached hydrogen (secondary N) is 2. The summed E-state index contributed by atoms with van der Waals surface area (Å²) < 4.78 is 13.5. The normalized spacial score (nSPS) is 10.7. The summed E-state index contributed by atoms with van der Waals surface area (Å²) in [5.41, 5.74) is 0.458. The Bertz CT molecular complexity index is 410. The SMILES string of the molecule is CC(C)CNC(=O)CNCc1cccc(Cl)c1F. The first kappa shape index (κ1) is 14.9. The summed E-state index contributed by atoms with van der Waals surface area (Å²) in [6.07, 6.45) is 0. The van der Waals surface area contributed by atoms with Crippen molar-refractivity contribution in [3.8, 4) is 0 Å². The molecule has 0 saturated heterocycles. The molecule has 3 nitrogen and oxygen atoms in total. The van der Waals surface area contributed by atoms with Crippen LogP contribution in [0.3, 0.4) is 0 Å². The molecule has 100 valence electrons. The Balaban J connectivity index is 2.33. The van der Waals surface area contributed by atoms with Gasteiger partial charge < -0.3 is 10.6 Å². The van der Waals surface area contributed by atoms with Crippen molar-refractivity contribution in [2.45, 2.75) is 20.4 Å². The minimum atomic E-state index is -0.436. The molecular weight excluding hydrogens is 255 g/mol. The Hall–Kier alpha value is -1.13. The molecular formula is C13H18ClFN2O. The number of hydrogen-bond donors (Lipinski definition) is 2. The van der Waals surface area contributed by atoms with Crippen LogP contribution in [0.4, 0.5) is 4.39 Å². The highest BCUT2D eigenvalue weighted by Gasteiger charge is 2.06. The lowest BCUT2D eigenvalue weighted by Crippen LogP contribution is -2.35. The third-order valence-corrected chi connectivity index (χ3v) is 2.63. The van der Waals surface area contributed by atoms with E-state index >= 15 is 0 Å². The number of halogens is 2. The minimum Gasteiger partial charge on any atom is -0.355 e. The smallest absolute Gasteiger partial charge is 0.233 e. The standard InChI is InChI=1S/C13H18ClFN2O/c1-9(2)6-17-12(18)8-16-7-10-4-3-5-11(14)13(10)15/h3-5,9,16H,6-8H2,1-2H3,(H,17,18). The predicted octanol–water partition coefficient (Wildman–Crippen LogP) is 2.34. The van der Waals surface area contributed by atoms with E-state index in [0.717, 1.165) is 0 Å². The first-order valence-corrected chi connectivity index (χ1v) is 6.28. The van der Waals surface area contributed by atoms with Crippen LogP contribution >= 0.6 is 11.6 Å². The molecule has 0 aromatic heterocycles. The molecule has 18 heavy (non-hydrogen) atoms. The third-order valence-electron chi connectivity index (χ3n) is 2.34. The molecule has 2 N–H and O–H groups in total. The molecule has 1 aromatic rings. The van der Waals surface area contributed by atoms with E-state index < -0.39 is 5.82 Å². The van der Waals surface area contributed by atoms with Gasteiger partial charge in [0.2, 0.25) is 5.91 Å². The largest absolute Gasteiger partial charge is 0.355 e. The summed E-state index contributed by atoms with van der Waals surface area (Å²) in [5, 5.41) is 5.75. The number of hydrogen-bond acceptors (Lipinski definition) is 2. The van der Waals surface area contributed by atoms with Crippen molar-refractivity contribution < 1.29 is 9.18 Å². The number of amides is 1. The lowest BCUT2D eigenvalue weighted by molar-refractivity contribution is -0.120. The lowest BCUT2D eigenvalue weighted by atomic mass is 10.2. The molecule has 0 aliphatic rings. The molecule has 0 heterocycles. The van der Waals surface area contributed by atoms with E-state index in [1.807, 2.05) is 13.8 Å². The Labute approximate surface area is 112 Å². The second-order valence-electron chi connectivity index (χ2n) is 4.51. The summed E-state index contributed by atoms with van der Waals surface area (Å²) in [7, 11) is 0. The van der Waals surface area contributed by atoms with Gasteiger partial charge >= 0.3 is 0 Å². The van der Waals surface area contributed by atoms with Gasteiger partial charge in [0, 0.05) is 18.7 Å². The fourth-order valence-corrected chi connectivity index (χ4v) is 1.57. The quantitative estimate of drug-likeness (QED) is 0.835. The molecule has 0 bridgehead atoms. The second-order valence-corrected chi connectivity index (χ2v) is 4.92. The number of carbonyl (C=O) groups is 1. The number of carbonyl (C=O) groups excluding carboxylic acids is 1. The molecule has 0 saturated carbocycles. The van der Waals surface area contributed by atoms with E-state index in [1.54, 1.807) is 12.1 Å². The zero-order valence-corrected chi connectivity index (χ0v) is 11.4. The Kier molecular flexibility index (Phi) is 6.09. The molecule has 0 aliphatic carbocycles. The van der Waals surface area contributed by atoms with Crippen LogP contribution in [-0.2, 0) is 11.3 Å². The van der Waals surface area contributed by atoms with Crippen LogP contribution in [0, 0.1) is 11.7 Å². The van der Waals surface area contributed by atoms with Gasteiger partial charge in [-0.25, -0.2) is 4.39 Å². The maximum atomic E-state index is 13.5. The highest BCUT2D eigenvalue weighted by molar-refractivity contribution is 6.30. The Morgan fingerprint density at radius 3 is 2.83 bits per heavy atom. The van der Waals surface area contributed by atoms with Gasteiger partial charge in [-0.05, 0) is 12.0 Å². The lowest BCUT2D eigenvalue weighted by Gasteiger charge is -2.09. The molecule has 0 unspecified atom stereocenters. The molecule has 0 atom stereocenters. The monoisotopic (exact) mass is 272 g/mol. The van der Waals surface area contributed by atoms with Crippen LogP contribution in [0.25, 0.3) is 0 Å². The summed E-state index contributed by atoms with van der Waals surface area (Å²) in [6.45, 7) is 5.14. The van der Waals surface area contributed by atoms with Gasteiger partial charge in [0.1, 0.15) is 5.82 Å². The van der Waals surface area contributed by atoms with Gasteiger partial charge in [-0.2, -0.15) is 0 Å². The van der Waals surface area contributed by atoms with Crippen molar-refractivity contribution >= 4 is 17.5 Å². The van der Waals surface area contributed by atoms with E-state index in [1.165, 1.54) is 6.07 Å². The van der Waals surface area contributed by atoms with Crippen molar-refractivity contribution in [1.82, 2.24) is 10.6 Å². The fourth-order valence-electron chi connectivity index (χ4n) is 1.38. The van der Waals surface area contributed by atoms with Gasteiger partial charge in [0.25, 0.3) is 0 Å². The summed E-state index contributed by atoms with van der Waals surface area (Å²) >= 11 is 5.66. The van der Waals surface area contributed by atoms with Gasteiger partial charge in [0.15, 0.2) is 0 Å². The molecule has 0 spiro atoms. The van der Waals surface area contributed by atoms with E-state index in [9.17, 15) is 9.18 Å². The highest BCUT2D eigenvalue weighted by atomic mass is 35.5. The van der Waals surface area contributed by atoms with Crippen molar-refractivity contribution in [3.63, 3.8) is 0 Å². The second kappa shape index (κ2) is 7.34. The third kappa shape index (κ3) is 5.02. The Morgan fingerprint density at radius 1 is 1.44 bits per heavy atom. The predicted molar refractivity (Wildman–Crippen MR) is 71.0 cm³/mol. The molecule has 0 radical (unpaired) electrons. The van der Waals surface area contributed by atoms with Crippen LogP contribution in [0.15, 0.2) is 18.2 Å². The molecule has 1 rings (SSSR count). The summed E-state index contributed by atoms with van der Waals surface area (Å²) in [4.78, 5) is 11.4. The molecule has 0 fully saturated rings. The van der Waals surface area contributed by atoms with Crippen molar-refractivity contribution in [3.05, 3.63) is 34.6 Å². The molecule has 0 aliphatic heterocycles. The highest BCUT2D eigenvalue weighted by Crippen LogP contribution is 2.17. The maximum absolute atomic E-state index is 13.5.